The summed E-state index contributed by atoms with van der Waals surface area (Å²) < 4.78 is 5.85. The first-order valence-electron chi connectivity index (χ1n) is 9.48. The Morgan fingerprint density at radius 1 is 1.06 bits per heavy atom. The van der Waals surface area contributed by atoms with Crippen LogP contribution >= 0.6 is 11.6 Å². The molecule has 0 spiro atoms. The summed E-state index contributed by atoms with van der Waals surface area (Å²) in [5, 5.41) is 17.7. The van der Waals surface area contributed by atoms with Gasteiger partial charge < -0.3 is 4.42 Å². The average Bonchev–Trinajstić information content (AvgIpc) is 3.30. The summed E-state index contributed by atoms with van der Waals surface area (Å²) in [4.78, 5) is 24.0. The van der Waals surface area contributed by atoms with Crippen LogP contribution in [0.4, 0.5) is 11.4 Å². The van der Waals surface area contributed by atoms with E-state index >= 15 is 0 Å². The van der Waals surface area contributed by atoms with Gasteiger partial charge in [-0.25, -0.2) is 0 Å². The second kappa shape index (κ2) is 7.85. The van der Waals surface area contributed by atoms with Gasteiger partial charge in [-0.1, -0.05) is 11.6 Å². The van der Waals surface area contributed by atoms with E-state index in [1.807, 2.05) is 13.8 Å². The fourth-order valence-corrected chi connectivity index (χ4v) is 3.43. The van der Waals surface area contributed by atoms with Crippen LogP contribution in [0, 0.1) is 24.0 Å². The molecular formula is C23H18ClN3O4. The molecule has 1 amide bonds. The van der Waals surface area contributed by atoms with Crippen molar-refractivity contribution in [1.29, 1.82) is 0 Å². The molecule has 0 atom stereocenters. The number of hydrazone groups is 1. The fraction of sp³-hybridized carbons (Fsp3) is 0.130. The highest BCUT2D eigenvalue weighted by molar-refractivity contribution is 6.32. The third-order valence-electron chi connectivity index (χ3n) is 5.12. The molecule has 0 aliphatic carbocycles. The Bertz CT molecular complexity index is 1270. The predicted molar refractivity (Wildman–Crippen MR) is 120 cm³/mol. The molecule has 1 aromatic heterocycles. The average molecular weight is 436 g/mol. The third kappa shape index (κ3) is 3.87. The quantitative estimate of drug-likeness (QED) is 0.288. The Labute approximate surface area is 183 Å². The first-order valence-corrected chi connectivity index (χ1v) is 9.85. The lowest BCUT2D eigenvalue weighted by Crippen LogP contribution is -2.21. The standard InChI is InChI=1S/C23H18ClN3O4/c1-13-10-20(21(27(29)30)11-14(13)2)22-9-8-18(31-22)12-19-15(3)25-26(23(19)28)17-6-4-16(24)5-7-17/h4-12H,1-3H3/b19-12-. The zero-order valence-corrected chi connectivity index (χ0v) is 17.8. The maximum Gasteiger partial charge on any atom is 0.280 e. The highest BCUT2D eigenvalue weighted by Gasteiger charge is 2.29. The summed E-state index contributed by atoms with van der Waals surface area (Å²) in [5.41, 5.74) is 3.63. The molecule has 1 aliphatic rings. The number of halogens is 1. The highest BCUT2D eigenvalue weighted by atomic mass is 35.5. The fourth-order valence-electron chi connectivity index (χ4n) is 3.31. The SMILES string of the molecule is CC1=NN(c2ccc(Cl)cc2)C(=O)/C1=C\c1ccc(-c2cc(C)c(C)cc2[N+](=O)[O-])o1. The van der Waals surface area contributed by atoms with E-state index in [4.69, 9.17) is 16.0 Å². The molecular weight excluding hydrogens is 418 g/mol. The van der Waals surface area contributed by atoms with E-state index in [2.05, 4.69) is 5.10 Å². The van der Waals surface area contributed by atoms with Crippen molar-refractivity contribution in [2.24, 2.45) is 5.10 Å². The number of furan rings is 1. The number of aryl methyl sites for hydroxylation is 2. The van der Waals surface area contributed by atoms with Gasteiger partial charge in [-0.05, 0) is 80.4 Å². The minimum atomic E-state index is -0.427. The van der Waals surface area contributed by atoms with Gasteiger partial charge in [0.25, 0.3) is 11.6 Å². The van der Waals surface area contributed by atoms with Crippen LogP contribution in [0.3, 0.4) is 0 Å². The largest absolute Gasteiger partial charge is 0.456 e. The molecule has 3 aromatic rings. The first kappa shape index (κ1) is 20.6. The molecule has 2 aromatic carbocycles. The van der Waals surface area contributed by atoms with Crippen molar-refractivity contribution in [1.82, 2.24) is 0 Å². The number of carbonyl (C=O) groups is 1. The van der Waals surface area contributed by atoms with Gasteiger partial charge in [0.15, 0.2) is 0 Å². The number of carbonyl (C=O) groups excluding carboxylic acids is 1. The van der Waals surface area contributed by atoms with Crippen LogP contribution in [-0.2, 0) is 4.79 Å². The van der Waals surface area contributed by atoms with Gasteiger partial charge in [0.05, 0.1) is 27.5 Å². The number of benzene rings is 2. The van der Waals surface area contributed by atoms with E-state index in [1.54, 1.807) is 55.5 Å². The van der Waals surface area contributed by atoms with E-state index in [9.17, 15) is 14.9 Å². The molecule has 1 aliphatic heterocycles. The lowest BCUT2D eigenvalue weighted by molar-refractivity contribution is -0.384. The van der Waals surface area contributed by atoms with E-state index in [-0.39, 0.29) is 11.6 Å². The monoisotopic (exact) mass is 435 g/mol. The van der Waals surface area contributed by atoms with Crippen LogP contribution in [0.15, 0.2) is 63.6 Å². The van der Waals surface area contributed by atoms with Crippen molar-refractivity contribution < 1.29 is 14.1 Å². The first-order chi connectivity index (χ1) is 14.7. The van der Waals surface area contributed by atoms with Crippen LogP contribution in [-0.4, -0.2) is 16.5 Å². The maximum absolute atomic E-state index is 12.9. The van der Waals surface area contributed by atoms with Crippen molar-refractivity contribution >= 4 is 40.7 Å². The van der Waals surface area contributed by atoms with Gasteiger partial charge in [0, 0.05) is 11.1 Å². The molecule has 0 N–H and O–H groups in total. The summed E-state index contributed by atoms with van der Waals surface area (Å²) >= 11 is 5.92. The van der Waals surface area contributed by atoms with Crippen LogP contribution in [0.2, 0.25) is 5.02 Å². The van der Waals surface area contributed by atoms with Gasteiger partial charge in [-0.2, -0.15) is 10.1 Å². The van der Waals surface area contributed by atoms with Crippen molar-refractivity contribution in [2.45, 2.75) is 20.8 Å². The Kier molecular flexibility index (Phi) is 5.20. The van der Waals surface area contributed by atoms with Gasteiger partial charge in [-0.15, -0.1) is 0 Å². The number of amides is 1. The van der Waals surface area contributed by atoms with Crippen molar-refractivity contribution in [2.75, 3.05) is 5.01 Å². The molecule has 0 unspecified atom stereocenters. The minimum Gasteiger partial charge on any atom is -0.456 e. The summed E-state index contributed by atoms with van der Waals surface area (Å²) in [5.74, 6) is 0.463. The number of hydrogen-bond acceptors (Lipinski definition) is 5. The molecule has 0 saturated heterocycles. The number of anilines is 1. The van der Waals surface area contributed by atoms with Crippen LogP contribution in [0.5, 0.6) is 0 Å². The van der Waals surface area contributed by atoms with Gasteiger partial charge in [0.2, 0.25) is 0 Å². The topological polar surface area (TPSA) is 89.0 Å². The molecule has 0 fully saturated rings. The number of nitro groups is 1. The molecule has 0 saturated carbocycles. The predicted octanol–water partition coefficient (Wildman–Crippen LogP) is 5.93. The van der Waals surface area contributed by atoms with Gasteiger partial charge >= 0.3 is 0 Å². The van der Waals surface area contributed by atoms with E-state index < -0.39 is 4.92 Å². The zero-order valence-electron chi connectivity index (χ0n) is 17.0. The smallest absolute Gasteiger partial charge is 0.280 e. The Balaban J connectivity index is 1.67. The highest BCUT2D eigenvalue weighted by Crippen LogP contribution is 2.34. The lowest BCUT2D eigenvalue weighted by atomic mass is 10.0. The summed E-state index contributed by atoms with van der Waals surface area (Å²) in [6, 6.07) is 13.4. The second-order valence-corrected chi connectivity index (χ2v) is 7.69. The Morgan fingerprint density at radius 2 is 1.74 bits per heavy atom. The van der Waals surface area contributed by atoms with Gasteiger partial charge in [-0.3, -0.25) is 14.9 Å². The minimum absolute atomic E-state index is 0.0275. The van der Waals surface area contributed by atoms with Gasteiger partial charge in [0.1, 0.15) is 11.5 Å². The van der Waals surface area contributed by atoms with E-state index in [1.165, 1.54) is 11.1 Å². The Hall–Kier alpha value is -3.71. The Morgan fingerprint density at radius 3 is 2.42 bits per heavy atom. The molecule has 2 heterocycles. The van der Waals surface area contributed by atoms with Crippen LogP contribution < -0.4 is 5.01 Å². The van der Waals surface area contributed by atoms with Crippen molar-refractivity contribution in [3.05, 3.63) is 86.1 Å². The number of nitrogens with zero attached hydrogens (tertiary/aromatic N) is 3. The molecule has 4 rings (SSSR count). The lowest BCUT2D eigenvalue weighted by Gasteiger charge is -2.11. The normalized spacial score (nSPS) is 15.0. The zero-order chi connectivity index (χ0) is 22.3. The number of nitro benzene ring substituents is 1. The van der Waals surface area contributed by atoms with Crippen molar-refractivity contribution in [3.63, 3.8) is 0 Å². The van der Waals surface area contributed by atoms with Crippen LogP contribution in [0.1, 0.15) is 23.8 Å². The summed E-state index contributed by atoms with van der Waals surface area (Å²) in [6.45, 7) is 5.44. The molecule has 0 bridgehead atoms. The summed E-state index contributed by atoms with van der Waals surface area (Å²) in [6.07, 6.45) is 1.59. The molecule has 7 nitrogen and oxygen atoms in total. The third-order valence-corrected chi connectivity index (χ3v) is 5.37. The molecule has 0 radical (unpaired) electrons. The van der Waals surface area contributed by atoms with E-state index in [0.717, 1.165) is 11.1 Å². The molecule has 156 valence electrons. The summed E-state index contributed by atoms with van der Waals surface area (Å²) in [7, 11) is 0. The van der Waals surface area contributed by atoms with Crippen LogP contribution in [0.25, 0.3) is 17.4 Å². The molecule has 8 heteroatoms. The second-order valence-electron chi connectivity index (χ2n) is 7.25. The van der Waals surface area contributed by atoms with E-state index in [0.29, 0.717) is 39.1 Å². The number of hydrogen-bond donors (Lipinski definition) is 0. The van der Waals surface area contributed by atoms with Crippen molar-refractivity contribution in [3.8, 4) is 11.3 Å². The molecule has 31 heavy (non-hydrogen) atoms. The number of rotatable bonds is 4. The maximum atomic E-state index is 12.9.